The minimum absolute atomic E-state index is 0.0286. The summed E-state index contributed by atoms with van der Waals surface area (Å²) in [6.07, 6.45) is 0.0633. The molecule has 0 fully saturated rings. The van der Waals surface area contributed by atoms with Crippen LogP contribution in [0.15, 0.2) is 65.7 Å². The highest BCUT2D eigenvalue weighted by molar-refractivity contribution is 6.02. The zero-order valence-electron chi connectivity index (χ0n) is 12.8. The number of benzene rings is 2. The molecule has 22 heavy (non-hydrogen) atoms. The van der Waals surface area contributed by atoms with Gasteiger partial charge in [-0.05, 0) is 12.5 Å². The molecule has 1 heterocycles. The molecule has 0 radical (unpaired) electrons. The van der Waals surface area contributed by atoms with Crippen LogP contribution in [-0.4, -0.2) is 17.8 Å². The zero-order valence-corrected chi connectivity index (χ0v) is 12.8. The van der Waals surface area contributed by atoms with Gasteiger partial charge in [-0.15, -0.1) is 0 Å². The number of ether oxygens (including phenoxy) is 1. The van der Waals surface area contributed by atoms with Crippen molar-refractivity contribution in [2.24, 2.45) is 4.99 Å². The van der Waals surface area contributed by atoms with Gasteiger partial charge in [0.15, 0.2) is 12.0 Å². The van der Waals surface area contributed by atoms with Crippen molar-refractivity contribution in [3.63, 3.8) is 0 Å². The lowest BCUT2D eigenvalue weighted by molar-refractivity contribution is 0.0690. The molecule has 0 aromatic heterocycles. The Bertz CT molecular complexity index is 694. The average Bonchev–Trinajstić information content (AvgIpc) is 2.94. The van der Waals surface area contributed by atoms with E-state index in [0.29, 0.717) is 17.9 Å². The number of hydrogen-bond donors (Lipinski definition) is 0. The fourth-order valence-electron chi connectivity index (χ4n) is 2.81. The van der Waals surface area contributed by atoms with Gasteiger partial charge < -0.3 is 4.74 Å². The van der Waals surface area contributed by atoms with E-state index in [1.165, 1.54) is 0 Å². The average molecular weight is 293 g/mol. The van der Waals surface area contributed by atoms with E-state index in [1.54, 1.807) is 0 Å². The van der Waals surface area contributed by atoms with E-state index < -0.39 is 11.6 Å². The van der Waals surface area contributed by atoms with Crippen molar-refractivity contribution in [1.82, 2.24) is 0 Å². The summed E-state index contributed by atoms with van der Waals surface area (Å²) in [6, 6.07) is 19.1. The first kappa shape index (κ1) is 14.5. The Morgan fingerprint density at radius 3 is 2.27 bits per heavy atom. The van der Waals surface area contributed by atoms with Gasteiger partial charge in [0, 0.05) is 12.0 Å². The van der Waals surface area contributed by atoms with Gasteiger partial charge in [0.25, 0.3) is 0 Å². The van der Waals surface area contributed by atoms with Crippen molar-refractivity contribution in [1.29, 1.82) is 0 Å². The van der Waals surface area contributed by atoms with Crippen molar-refractivity contribution >= 4 is 11.7 Å². The maximum atomic E-state index is 12.9. The topological polar surface area (TPSA) is 38.7 Å². The second-order valence-electron chi connectivity index (χ2n) is 5.60. The molecule has 0 aliphatic carbocycles. The standard InChI is InChI=1S/C19H19NO2/c1-3-16-20-19(2,15-12-8-5-9-13-15)18(22-16)17(21)14-10-6-4-7-11-14/h4-13,18H,3H2,1-2H3/t18-,19-/m0/s1. The lowest BCUT2D eigenvalue weighted by Gasteiger charge is -2.27. The Balaban J connectivity index is 2.02. The van der Waals surface area contributed by atoms with Gasteiger partial charge in [0.1, 0.15) is 5.54 Å². The molecule has 1 aliphatic rings. The van der Waals surface area contributed by atoms with E-state index in [1.807, 2.05) is 74.5 Å². The van der Waals surface area contributed by atoms with Gasteiger partial charge in [-0.25, -0.2) is 4.99 Å². The first-order chi connectivity index (χ1) is 10.6. The molecule has 2 aromatic rings. The number of nitrogens with zero attached hydrogens (tertiary/aromatic N) is 1. The van der Waals surface area contributed by atoms with Crippen molar-refractivity contribution < 1.29 is 9.53 Å². The second-order valence-corrected chi connectivity index (χ2v) is 5.60. The van der Waals surface area contributed by atoms with E-state index in [4.69, 9.17) is 9.73 Å². The molecule has 0 unspecified atom stereocenters. The third kappa shape index (κ3) is 2.43. The number of rotatable bonds is 4. The molecule has 1 aliphatic heterocycles. The van der Waals surface area contributed by atoms with Crippen molar-refractivity contribution in [2.75, 3.05) is 0 Å². The summed E-state index contributed by atoms with van der Waals surface area (Å²) in [5, 5.41) is 0. The molecular weight excluding hydrogens is 274 g/mol. The third-order valence-electron chi connectivity index (χ3n) is 4.08. The van der Waals surface area contributed by atoms with Crippen LogP contribution in [0.1, 0.15) is 36.2 Å². The fourth-order valence-corrected chi connectivity index (χ4v) is 2.81. The molecule has 0 N–H and O–H groups in total. The highest BCUT2D eigenvalue weighted by atomic mass is 16.5. The molecule has 0 amide bonds. The van der Waals surface area contributed by atoms with Crippen LogP contribution in [-0.2, 0) is 10.3 Å². The summed E-state index contributed by atoms with van der Waals surface area (Å²) < 4.78 is 5.90. The normalized spacial score (nSPS) is 23.7. The second kappa shape index (κ2) is 5.76. The fraction of sp³-hybridized carbons (Fsp3) is 0.263. The Labute approximate surface area is 130 Å². The van der Waals surface area contributed by atoms with E-state index in [-0.39, 0.29) is 5.78 Å². The SMILES string of the molecule is CCC1=N[C@@](C)(c2ccccc2)[C@H](C(=O)c2ccccc2)O1. The summed E-state index contributed by atoms with van der Waals surface area (Å²) in [4.78, 5) is 17.6. The summed E-state index contributed by atoms with van der Waals surface area (Å²) in [6.45, 7) is 3.95. The van der Waals surface area contributed by atoms with Crippen LogP contribution in [0.5, 0.6) is 0 Å². The summed E-state index contributed by atoms with van der Waals surface area (Å²) in [5.74, 6) is 0.611. The Morgan fingerprint density at radius 2 is 1.68 bits per heavy atom. The molecule has 112 valence electrons. The molecule has 0 spiro atoms. The van der Waals surface area contributed by atoms with Crippen LogP contribution in [0.25, 0.3) is 0 Å². The Morgan fingerprint density at radius 1 is 1.09 bits per heavy atom. The summed E-state index contributed by atoms with van der Waals surface area (Å²) >= 11 is 0. The Kier molecular flexibility index (Phi) is 3.80. The Hall–Kier alpha value is -2.42. The molecule has 0 bridgehead atoms. The quantitative estimate of drug-likeness (QED) is 0.799. The van der Waals surface area contributed by atoms with Crippen LogP contribution in [0.3, 0.4) is 0 Å². The molecule has 0 saturated carbocycles. The van der Waals surface area contributed by atoms with Gasteiger partial charge in [-0.1, -0.05) is 67.6 Å². The molecular formula is C19H19NO2. The minimum Gasteiger partial charge on any atom is -0.466 e. The van der Waals surface area contributed by atoms with Gasteiger partial charge in [-0.3, -0.25) is 4.79 Å². The van der Waals surface area contributed by atoms with Crippen molar-refractivity contribution in [2.45, 2.75) is 31.9 Å². The molecule has 3 nitrogen and oxygen atoms in total. The molecule has 2 aromatic carbocycles. The van der Waals surface area contributed by atoms with Gasteiger partial charge in [0.2, 0.25) is 5.78 Å². The molecule has 0 saturated heterocycles. The minimum atomic E-state index is -0.681. The van der Waals surface area contributed by atoms with Crippen LogP contribution in [0.2, 0.25) is 0 Å². The zero-order chi connectivity index (χ0) is 15.6. The van der Waals surface area contributed by atoms with Crippen LogP contribution >= 0.6 is 0 Å². The first-order valence-electron chi connectivity index (χ1n) is 7.55. The van der Waals surface area contributed by atoms with Crippen LogP contribution in [0.4, 0.5) is 0 Å². The van der Waals surface area contributed by atoms with E-state index in [9.17, 15) is 4.79 Å². The van der Waals surface area contributed by atoms with E-state index >= 15 is 0 Å². The first-order valence-corrected chi connectivity index (χ1v) is 7.55. The van der Waals surface area contributed by atoms with Gasteiger partial charge >= 0.3 is 0 Å². The highest BCUT2D eigenvalue weighted by Gasteiger charge is 2.47. The van der Waals surface area contributed by atoms with Crippen LogP contribution in [0, 0.1) is 0 Å². The number of carbonyl (C=O) groups is 1. The van der Waals surface area contributed by atoms with Gasteiger partial charge in [-0.2, -0.15) is 0 Å². The largest absolute Gasteiger partial charge is 0.466 e. The number of ketones is 1. The monoisotopic (exact) mass is 293 g/mol. The third-order valence-corrected chi connectivity index (χ3v) is 4.08. The highest BCUT2D eigenvalue weighted by Crippen LogP contribution is 2.38. The predicted molar refractivity (Wildman–Crippen MR) is 87.2 cm³/mol. The van der Waals surface area contributed by atoms with E-state index in [2.05, 4.69) is 0 Å². The molecule has 3 rings (SSSR count). The smallest absolute Gasteiger partial charge is 0.206 e. The molecule has 3 heteroatoms. The lowest BCUT2D eigenvalue weighted by Crippen LogP contribution is -2.39. The number of aliphatic imine (C=N–C) groups is 1. The lowest BCUT2D eigenvalue weighted by atomic mass is 9.83. The number of Topliss-reactive ketones (excluding diaryl/α,β-unsaturated/α-hetero) is 1. The van der Waals surface area contributed by atoms with E-state index in [0.717, 1.165) is 5.56 Å². The van der Waals surface area contributed by atoms with Crippen molar-refractivity contribution in [3.8, 4) is 0 Å². The summed E-state index contributed by atoms with van der Waals surface area (Å²) in [5.41, 5.74) is 0.967. The number of carbonyl (C=O) groups excluding carboxylic acids is 1. The predicted octanol–water partition coefficient (Wildman–Crippen LogP) is 3.99. The van der Waals surface area contributed by atoms with Crippen LogP contribution < -0.4 is 0 Å². The van der Waals surface area contributed by atoms with Crippen molar-refractivity contribution in [3.05, 3.63) is 71.8 Å². The number of hydrogen-bond acceptors (Lipinski definition) is 3. The maximum Gasteiger partial charge on any atom is 0.206 e. The molecule has 2 atom stereocenters. The summed E-state index contributed by atoms with van der Waals surface area (Å²) in [7, 11) is 0. The maximum absolute atomic E-state index is 12.9. The van der Waals surface area contributed by atoms with Gasteiger partial charge in [0.05, 0.1) is 0 Å².